The summed E-state index contributed by atoms with van der Waals surface area (Å²) >= 11 is 18.5. The first-order chi connectivity index (χ1) is 15.3. The van der Waals surface area contributed by atoms with Crippen LogP contribution in [0.25, 0.3) is 11.0 Å². The predicted molar refractivity (Wildman–Crippen MR) is 123 cm³/mol. The maximum atomic E-state index is 13.2. The molecule has 3 aromatic heterocycles. The zero-order valence-corrected chi connectivity index (χ0v) is 18.9. The van der Waals surface area contributed by atoms with Gasteiger partial charge in [-0.2, -0.15) is 0 Å². The number of amides is 1. The second kappa shape index (κ2) is 8.78. The summed E-state index contributed by atoms with van der Waals surface area (Å²) in [6.45, 7) is 0.238. The molecule has 0 spiro atoms. The second-order valence-corrected chi connectivity index (χ2v) is 8.20. The molecule has 4 aromatic rings. The van der Waals surface area contributed by atoms with E-state index in [1.807, 2.05) is 12.1 Å². The van der Waals surface area contributed by atoms with Crippen LogP contribution in [-0.2, 0) is 11.3 Å². The average molecular weight is 490 g/mol. The lowest BCUT2D eigenvalue weighted by Crippen LogP contribution is -2.33. The summed E-state index contributed by atoms with van der Waals surface area (Å²) in [5.74, 6) is -1.68. The number of rotatable bonds is 5. The van der Waals surface area contributed by atoms with E-state index in [9.17, 15) is 14.8 Å². The first kappa shape index (κ1) is 22.1. The lowest BCUT2D eigenvalue weighted by Gasteiger charge is -2.18. The van der Waals surface area contributed by atoms with Gasteiger partial charge in [-0.15, -0.1) is 0 Å². The normalized spacial score (nSPS) is 11.0. The van der Waals surface area contributed by atoms with E-state index in [0.717, 1.165) is 10.5 Å². The largest absolute Gasteiger partial charge is 0.711 e. The molecule has 1 amide bonds. The van der Waals surface area contributed by atoms with E-state index < -0.39 is 11.7 Å². The Morgan fingerprint density at radius 1 is 1.06 bits per heavy atom. The number of likely N-dealkylation sites (N-methyl/N-ethyl adjacent to an activating group) is 1. The Bertz CT molecular complexity index is 1350. The zero-order valence-electron chi connectivity index (χ0n) is 16.6. The Kier molecular flexibility index (Phi) is 6.06. The number of Topliss-reactive ketones (excluding diaryl/α,β-unsaturated/α-hetero) is 1. The van der Waals surface area contributed by atoms with Crippen molar-refractivity contribution in [3.05, 3.63) is 92.6 Å². The molecule has 0 fully saturated rings. The second-order valence-electron chi connectivity index (χ2n) is 6.98. The maximum absolute atomic E-state index is 13.2. The number of carbonyl (C=O) groups is 2. The first-order valence-electron chi connectivity index (χ1n) is 9.35. The summed E-state index contributed by atoms with van der Waals surface area (Å²) in [5, 5.41) is 13.7. The van der Waals surface area contributed by atoms with E-state index in [0.29, 0.717) is 15.1 Å². The van der Waals surface area contributed by atoms with Gasteiger partial charge in [-0.1, -0.05) is 53.0 Å². The highest BCUT2D eigenvalue weighted by Gasteiger charge is 2.30. The minimum atomic E-state index is -0.863. The van der Waals surface area contributed by atoms with Crippen LogP contribution in [0.3, 0.4) is 0 Å². The third-order valence-electron chi connectivity index (χ3n) is 4.99. The van der Waals surface area contributed by atoms with Crippen molar-refractivity contribution in [3.8, 4) is 0 Å². The SMILES string of the molecule is CN(C(=O)C(=O)c1cn(Cc2ccccc2Cl)c2c1ccc[n+]2[O-])c1c(Cl)cncc1Cl. The molecule has 0 unspecified atom stereocenters. The highest BCUT2D eigenvalue weighted by Crippen LogP contribution is 2.32. The summed E-state index contributed by atoms with van der Waals surface area (Å²) in [4.78, 5) is 31.1. The number of pyridine rings is 2. The molecule has 1 aromatic carbocycles. The van der Waals surface area contributed by atoms with Gasteiger partial charge in [-0.25, -0.2) is 9.30 Å². The molecule has 4 rings (SSSR count). The molecule has 0 radical (unpaired) electrons. The van der Waals surface area contributed by atoms with Crippen molar-refractivity contribution >= 4 is 63.2 Å². The number of ketones is 1. The number of halogens is 3. The van der Waals surface area contributed by atoms with Crippen LogP contribution in [0.15, 0.2) is 61.2 Å². The fourth-order valence-electron chi connectivity index (χ4n) is 3.46. The summed E-state index contributed by atoms with van der Waals surface area (Å²) in [7, 11) is 1.39. The van der Waals surface area contributed by atoms with Gasteiger partial charge in [0.05, 0.1) is 32.9 Å². The summed E-state index contributed by atoms with van der Waals surface area (Å²) in [6, 6.07) is 10.3. The van der Waals surface area contributed by atoms with E-state index in [2.05, 4.69) is 4.98 Å². The fourth-order valence-corrected chi connectivity index (χ4v) is 4.28. The Morgan fingerprint density at radius 3 is 2.44 bits per heavy atom. The number of fused-ring (bicyclic) bond motifs is 1. The molecular weight excluding hydrogens is 475 g/mol. The molecule has 0 bridgehead atoms. The van der Waals surface area contributed by atoms with Crippen molar-refractivity contribution in [1.29, 1.82) is 0 Å². The summed E-state index contributed by atoms with van der Waals surface area (Å²) in [6.07, 6.45) is 5.45. The van der Waals surface area contributed by atoms with Gasteiger partial charge in [0, 0.05) is 30.0 Å². The minimum absolute atomic E-state index is 0.0791. The molecule has 0 atom stereocenters. The summed E-state index contributed by atoms with van der Waals surface area (Å²) in [5.41, 5.74) is 1.23. The highest BCUT2D eigenvalue weighted by molar-refractivity contribution is 6.50. The Balaban J connectivity index is 1.77. The lowest BCUT2D eigenvalue weighted by atomic mass is 10.1. The van der Waals surface area contributed by atoms with Gasteiger partial charge in [-0.05, 0) is 18.2 Å². The fraction of sp³-hybridized carbons (Fsp3) is 0.0909. The van der Waals surface area contributed by atoms with Crippen LogP contribution >= 0.6 is 34.8 Å². The van der Waals surface area contributed by atoms with Gasteiger partial charge >= 0.3 is 0 Å². The molecule has 0 N–H and O–H groups in total. The van der Waals surface area contributed by atoms with Crippen molar-refractivity contribution in [3.63, 3.8) is 0 Å². The quantitative estimate of drug-likeness (QED) is 0.179. The van der Waals surface area contributed by atoms with Gasteiger partial charge in [0.1, 0.15) is 12.7 Å². The molecule has 162 valence electrons. The Labute approximate surface area is 197 Å². The predicted octanol–water partition coefficient (Wildman–Crippen LogP) is 4.52. The van der Waals surface area contributed by atoms with Crippen LogP contribution in [-0.4, -0.2) is 28.3 Å². The van der Waals surface area contributed by atoms with Crippen LogP contribution < -0.4 is 9.63 Å². The van der Waals surface area contributed by atoms with Crippen molar-refractivity contribution in [2.45, 2.75) is 6.54 Å². The zero-order chi connectivity index (χ0) is 23.0. The number of benzene rings is 1. The molecule has 0 aliphatic carbocycles. The maximum Gasteiger partial charge on any atom is 0.299 e. The standard InChI is InChI=1S/C22H15Cl3N4O3/c1-27(19-17(24)9-26-10-18(19)25)22(31)20(30)15-12-28(11-13-5-2-3-7-16(13)23)21-14(15)6-4-8-29(21)32/h2-10,12H,11H2,1H3. The van der Waals surface area contributed by atoms with Crippen molar-refractivity contribution in [2.75, 3.05) is 11.9 Å². The van der Waals surface area contributed by atoms with E-state index >= 15 is 0 Å². The Hall–Kier alpha value is -3.13. The molecule has 0 saturated heterocycles. The highest BCUT2D eigenvalue weighted by atomic mass is 35.5. The number of carbonyl (C=O) groups excluding carboxylic acids is 2. The van der Waals surface area contributed by atoms with Crippen LogP contribution in [0.2, 0.25) is 15.1 Å². The van der Waals surface area contributed by atoms with Gasteiger partial charge in [0.25, 0.3) is 17.3 Å². The smallest absolute Gasteiger partial charge is 0.299 e. The molecule has 0 aliphatic heterocycles. The average Bonchev–Trinajstić information content (AvgIpc) is 3.13. The van der Waals surface area contributed by atoms with Crippen LogP contribution in [0, 0.1) is 5.21 Å². The van der Waals surface area contributed by atoms with E-state index in [4.69, 9.17) is 34.8 Å². The van der Waals surface area contributed by atoms with Crippen molar-refractivity contribution in [1.82, 2.24) is 9.55 Å². The third kappa shape index (κ3) is 3.90. The van der Waals surface area contributed by atoms with Crippen molar-refractivity contribution in [2.24, 2.45) is 0 Å². The molecule has 32 heavy (non-hydrogen) atoms. The topological polar surface area (TPSA) is 82.1 Å². The van der Waals surface area contributed by atoms with E-state index in [1.165, 1.54) is 37.9 Å². The molecule has 3 heterocycles. The van der Waals surface area contributed by atoms with Crippen molar-refractivity contribution < 1.29 is 14.3 Å². The number of anilines is 1. The summed E-state index contributed by atoms with van der Waals surface area (Å²) < 4.78 is 2.24. The number of aromatic nitrogens is 3. The van der Waals surface area contributed by atoms with Crippen LogP contribution in [0.4, 0.5) is 5.69 Å². The molecule has 0 saturated carbocycles. The number of hydrogen-bond acceptors (Lipinski definition) is 4. The molecule has 0 aliphatic rings. The monoisotopic (exact) mass is 488 g/mol. The van der Waals surface area contributed by atoms with Gasteiger partial charge in [0.15, 0.2) is 0 Å². The van der Waals surface area contributed by atoms with Crippen LogP contribution in [0.5, 0.6) is 0 Å². The number of nitrogens with zero attached hydrogens (tertiary/aromatic N) is 4. The molecular formula is C22H15Cl3N4O3. The van der Waals surface area contributed by atoms with E-state index in [1.54, 1.807) is 22.8 Å². The van der Waals surface area contributed by atoms with Gasteiger partial charge < -0.3 is 10.1 Å². The number of hydrogen-bond donors (Lipinski definition) is 0. The van der Waals surface area contributed by atoms with Gasteiger partial charge in [-0.3, -0.25) is 14.6 Å². The van der Waals surface area contributed by atoms with E-state index in [-0.39, 0.29) is 33.5 Å². The van der Waals surface area contributed by atoms with Crippen LogP contribution in [0.1, 0.15) is 15.9 Å². The van der Waals surface area contributed by atoms with Gasteiger partial charge in [0.2, 0.25) is 0 Å². The minimum Gasteiger partial charge on any atom is -0.711 e. The molecule has 7 nitrogen and oxygen atoms in total. The first-order valence-corrected chi connectivity index (χ1v) is 10.5. The Morgan fingerprint density at radius 2 is 1.75 bits per heavy atom. The lowest BCUT2D eigenvalue weighted by molar-refractivity contribution is -0.580. The molecule has 10 heteroatoms. The third-order valence-corrected chi connectivity index (χ3v) is 5.91.